The zero-order chi connectivity index (χ0) is 54.2. The van der Waals surface area contributed by atoms with E-state index in [0.29, 0.717) is 54.2 Å². The van der Waals surface area contributed by atoms with Gasteiger partial charge in [-0.3, -0.25) is 18.6 Å². The van der Waals surface area contributed by atoms with Gasteiger partial charge in [0.05, 0.1) is 47.7 Å². The molecule has 0 spiro atoms. The van der Waals surface area contributed by atoms with Crippen molar-refractivity contribution in [2.24, 2.45) is 17.0 Å². The lowest BCUT2D eigenvalue weighted by Crippen LogP contribution is -2.59. The monoisotopic (exact) mass is 1110 g/mol. The van der Waals surface area contributed by atoms with Crippen LogP contribution in [0.15, 0.2) is 24.3 Å². The molecule has 5 aliphatic rings. The Bertz CT molecular complexity index is 2610. The third-order valence-corrected chi connectivity index (χ3v) is 14.5. The molecular weight excluding hydrogens is 1050 g/mol. The summed E-state index contributed by atoms with van der Waals surface area (Å²) in [4.78, 5) is 62.0. The molecule has 3 heterocycles. The van der Waals surface area contributed by atoms with E-state index >= 15 is 0 Å². The number of benzene rings is 1. The quantitative estimate of drug-likeness (QED) is 0.129. The maximum atomic E-state index is 14.8. The number of fused-ring (bicyclic) bond motifs is 1. The first-order chi connectivity index (χ1) is 33.7. The maximum absolute atomic E-state index is 14.8. The van der Waals surface area contributed by atoms with E-state index in [9.17, 15) is 62.4 Å². The van der Waals surface area contributed by atoms with E-state index in [1.807, 2.05) is 0 Å². The van der Waals surface area contributed by atoms with Crippen LogP contribution in [-0.2, 0) is 52.8 Å². The van der Waals surface area contributed by atoms with Gasteiger partial charge in [-0.05, 0) is 96.6 Å². The number of aromatic nitrogens is 1. The van der Waals surface area contributed by atoms with Gasteiger partial charge in [-0.2, -0.15) is 43.2 Å². The number of rotatable bonds is 18. The van der Waals surface area contributed by atoms with E-state index in [4.69, 9.17) is 34.7 Å². The van der Waals surface area contributed by atoms with Crippen molar-refractivity contribution in [1.82, 2.24) is 25.2 Å². The predicted octanol–water partition coefficient (Wildman–Crippen LogP) is 5.79. The highest BCUT2D eigenvalue weighted by atomic mass is 35.5. The molecule has 2 aliphatic heterocycles. The summed E-state index contributed by atoms with van der Waals surface area (Å²) >= 11 is 6.50. The Morgan fingerprint density at radius 3 is 2.07 bits per heavy atom. The van der Waals surface area contributed by atoms with Crippen LogP contribution < -0.4 is 30.0 Å². The molecule has 2 aromatic rings. The first-order valence-corrected chi connectivity index (χ1v) is 26.7. The van der Waals surface area contributed by atoms with Gasteiger partial charge in [0.25, 0.3) is 5.91 Å². The summed E-state index contributed by atoms with van der Waals surface area (Å²) in [7, 11) is -9.34. The van der Waals surface area contributed by atoms with Gasteiger partial charge in [0.1, 0.15) is 35.1 Å². The van der Waals surface area contributed by atoms with Gasteiger partial charge in [-0.1, -0.05) is 31.0 Å². The van der Waals surface area contributed by atoms with Crippen LogP contribution in [0.1, 0.15) is 105 Å². The number of pyridine rings is 1. The Labute approximate surface area is 422 Å². The normalized spacial score (nSPS) is 24.1. The highest BCUT2D eigenvalue weighted by molar-refractivity contribution is 7.85. The number of para-hydroxylation sites is 1. The lowest BCUT2D eigenvalue weighted by Gasteiger charge is -2.35. The topological polar surface area (TPSA) is 270 Å². The average molecular weight is 1110 g/mol. The number of hydrogen-bond acceptors (Lipinski definition) is 15. The summed E-state index contributed by atoms with van der Waals surface area (Å²) in [6, 6.07) is 4.17. The highest BCUT2D eigenvalue weighted by Gasteiger charge is 2.63. The maximum Gasteiger partial charge on any atom is 0.408 e. The summed E-state index contributed by atoms with van der Waals surface area (Å²) in [6.07, 6.45) is -12.8. The Kier molecular flexibility index (Phi) is 17.1. The van der Waals surface area contributed by atoms with Crippen LogP contribution in [0, 0.1) is 11.8 Å². The minimum absolute atomic E-state index is 0.000248. The van der Waals surface area contributed by atoms with E-state index in [1.54, 1.807) is 63.6 Å². The van der Waals surface area contributed by atoms with Crippen LogP contribution in [0.3, 0.4) is 0 Å². The second-order valence-electron chi connectivity index (χ2n) is 19.8. The molecule has 5 fully saturated rings. The number of amides is 4. The van der Waals surface area contributed by atoms with Crippen molar-refractivity contribution >= 4 is 66.9 Å². The van der Waals surface area contributed by atoms with Crippen molar-refractivity contribution in [3.8, 4) is 11.6 Å². The van der Waals surface area contributed by atoms with Crippen LogP contribution >= 0.6 is 11.6 Å². The number of halogens is 7. The number of carbonyl (C=O) groups excluding carboxylic acids is 4. The Balaban J connectivity index is 0.000000581. The minimum Gasteiger partial charge on any atom is -0.488 e. The molecule has 3 saturated carbocycles. The molecule has 29 heteroatoms. The van der Waals surface area contributed by atoms with Crippen LogP contribution in [-0.4, -0.2) is 130 Å². The largest absolute Gasteiger partial charge is 0.488 e. The van der Waals surface area contributed by atoms with E-state index in [-0.39, 0.29) is 57.6 Å². The molecule has 4 amide bonds. The standard InChI is InChI=1S/C39H51ClF3N5O11S.C5H8F3NO3S/c1-6-23-19-38(23,34(51)47-60(53,54)59-37(13-14-37)21-39(41,42)43)46-32(49)27-17-24(57-28-18-29(56-7-2)44-31-25(28)9-8-10-26(31)40)20-48(27)33(50)30(22-11-15-55-16-12-22)45-35(52)58-36(3,4)5;6-5(7,8)3-4(1-2-4)12-13(9,10)11/h8-10,18,22-24,27,30H,6-7,11-17,19-21H2,1-5H3,(H,45,52)(H,46,49)(H,47,51);1-3H2,(H2,9,10,11)/t23-,24-,27+,30+,38-;/m1./s1. The zero-order valence-corrected chi connectivity index (χ0v) is 42.8. The van der Waals surface area contributed by atoms with Crippen LogP contribution in [0.2, 0.25) is 5.02 Å². The summed E-state index contributed by atoms with van der Waals surface area (Å²) in [5.41, 5.74) is -5.94. The minimum atomic E-state index is -5.05. The molecule has 410 valence electrons. The Hall–Kier alpha value is -4.48. The summed E-state index contributed by atoms with van der Waals surface area (Å²) in [6.45, 7) is 9.27. The molecule has 5 N–H and O–H groups in total. The van der Waals surface area contributed by atoms with E-state index in [1.165, 1.54) is 4.90 Å². The van der Waals surface area contributed by atoms with Gasteiger partial charge >= 0.3 is 39.1 Å². The SMILES string of the molecule is CCOc1cc(O[C@@H]2C[C@@H](C(=O)N[C@]3(C(=O)NS(=O)(=O)OC4(CC(F)(F)F)CC4)C[C@H]3CC)N(C(=O)[C@@H](NC(=O)OC(C)(C)C)C3CCOCC3)C2)c2cccc(Cl)c2n1.NS(=O)(=O)OC1(CC(F)(F)F)CC1. The van der Waals surface area contributed by atoms with Crippen molar-refractivity contribution in [2.45, 2.75) is 158 Å². The van der Waals surface area contributed by atoms with Gasteiger partial charge in [0, 0.05) is 31.1 Å². The smallest absolute Gasteiger partial charge is 0.408 e. The number of nitrogens with zero attached hydrogens (tertiary/aromatic N) is 2. The molecule has 1 aromatic heterocycles. The Morgan fingerprint density at radius 2 is 1.55 bits per heavy atom. The van der Waals surface area contributed by atoms with E-state index in [0.717, 1.165) is 0 Å². The number of nitrogens with one attached hydrogen (secondary N) is 3. The number of ether oxygens (including phenoxy) is 4. The van der Waals surface area contributed by atoms with Crippen LogP contribution in [0.25, 0.3) is 10.9 Å². The first kappa shape index (κ1) is 57.8. The lowest BCUT2D eigenvalue weighted by molar-refractivity contribution is -0.155. The number of alkyl halides is 6. The molecule has 1 aromatic carbocycles. The third kappa shape index (κ3) is 16.0. The fourth-order valence-corrected chi connectivity index (χ4v) is 11.1. The molecular formula is C44H59ClF6N6O14S2. The van der Waals surface area contributed by atoms with Crippen LogP contribution in [0.5, 0.6) is 11.6 Å². The molecule has 5 atom stereocenters. The number of nitrogens with two attached hydrogens (primary N) is 1. The summed E-state index contributed by atoms with van der Waals surface area (Å²) < 4.78 is 156. The molecule has 2 saturated heterocycles. The number of alkyl carbamates (subject to hydrolysis) is 1. The van der Waals surface area contributed by atoms with Crippen molar-refractivity contribution in [3.63, 3.8) is 0 Å². The van der Waals surface area contributed by atoms with Gasteiger partial charge in [0.15, 0.2) is 0 Å². The molecule has 7 rings (SSSR count). The molecule has 0 radical (unpaired) electrons. The second-order valence-corrected chi connectivity index (χ2v) is 22.7. The molecule has 3 aliphatic carbocycles. The van der Waals surface area contributed by atoms with Gasteiger partial charge in [0.2, 0.25) is 17.7 Å². The number of carbonyl (C=O) groups is 4. The Morgan fingerprint density at radius 1 is 0.945 bits per heavy atom. The van der Waals surface area contributed by atoms with Crippen molar-refractivity contribution in [2.75, 3.05) is 26.4 Å². The predicted molar refractivity (Wildman–Crippen MR) is 246 cm³/mol. The van der Waals surface area contributed by atoms with Gasteiger partial charge in [-0.25, -0.2) is 23.8 Å². The average Bonchev–Trinajstić information content (AvgIpc) is 4.21. The molecule has 0 unspecified atom stereocenters. The zero-order valence-electron chi connectivity index (χ0n) is 40.5. The molecule has 20 nitrogen and oxygen atoms in total. The fraction of sp³-hybridized carbons (Fsp3) is 0.705. The van der Waals surface area contributed by atoms with Crippen molar-refractivity contribution < 1.29 is 89.7 Å². The van der Waals surface area contributed by atoms with Crippen molar-refractivity contribution in [3.05, 3.63) is 29.3 Å². The van der Waals surface area contributed by atoms with Crippen LogP contribution in [0.4, 0.5) is 31.1 Å². The first-order valence-electron chi connectivity index (χ1n) is 23.4. The fourth-order valence-electron chi connectivity index (χ4n) is 8.98. The summed E-state index contributed by atoms with van der Waals surface area (Å²) in [5, 5.41) is 10.7. The van der Waals surface area contributed by atoms with Crippen molar-refractivity contribution in [1.29, 1.82) is 0 Å². The van der Waals surface area contributed by atoms with E-state index in [2.05, 4.69) is 24.9 Å². The molecule has 0 bridgehead atoms. The highest BCUT2D eigenvalue weighted by Crippen LogP contribution is 2.50. The summed E-state index contributed by atoms with van der Waals surface area (Å²) in [5.74, 6) is -3.11. The second kappa shape index (κ2) is 21.6. The molecule has 73 heavy (non-hydrogen) atoms. The van der Waals surface area contributed by atoms with Gasteiger partial charge < -0.3 is 34.5 Å². The van der Waals surface area contributed by atoms with E-state index < -0.39 is 122 Å². The van der Waals surface area contributed by atoms with Gasteiger partial charge in [-0.15, -0.1) is 0 Å². The number of hydrogen-bond donors (Lipinski definition) is 4. The number of likely N-dealkylation sites (tertiary alicyclic amines) is 1. The lowest BCUT2D eigenvalue weighted by atomic mass is 9.90. The third-order valence-electron chi connectivity index (χ3n) is 12.6.